The molecular weight excluding hydrogens is 430 g/mol. The molecule has 0 fully saturated rings. The first kappa shape index (κ1) is 20.7. The Labute approximate surface area is 176 Å². The van der Waals surface area contributed by atoms with Crippen molar-refractivity contribution in [3.05, 3.63) is 65.2 Å². The lowest BCUT2D eigenvalue weighted by Crippen LogP contribution is -2.31. The largest absolute Gasteiger partial charge is 0.339 e. The van der Waals surface area contributed by atoms with Gasteiger partial charge in [-0.25, -0.2) is 24.2 Å². The van der Waals surface area contributed by atoms with E-state index in [-0.39, 0.29) is 10.7 Å². The van der Waals surface area contributed by atoms with Crippen LogP contribution in [0.3, 0.4) is 0 Å². The Balaban J connectivity index is 1.66. The summed E-state index contributed by atoms with van der Waals surface area (Å²) in [7, 11) is -1.11. The Morgan fingerprint density at radius 1 is 1.23 bits per heavy atom. The Kier molecular flexibility index (Phi) is 5.32. The summed E-state index contributed by atoms with van der Waals surface area (Å²) in [6.45, 7) is 0.519. The van der Waals surface area contributed by atoms with Crippen LogP contribution in [0.1, 0.15) is 16.8 Å². The highest BCUT2D eigenvalue weighted by Crippen LogP contribution is 2.24. The molecule has 0 bridgehead atoms. The zero-order valence-electron chi connectivity index (χ0n) is 16.3. The number of hydrogen-bond acceptors (Lipinski definition) is 7. The number of sulfonamides is 1. The van der Waals surface area contributed by atoms with Gasteiger partial charge >= 0.3 is 0 Å². The number of anilines is 2. The maximum Gasteiger partial charge on any atom is 0.281 e. The second-order valence-electron chi connectivity index (χ2n) is 6.51. The van der Waals surface area contributed by atoms with E-state index < -0.39 is 32.9 Å². The minimum atomic E-state index is -4.16. The molecule has 4 rings (SSSR count). The van der Waals surface area contributed by atoms with Gasteiger partial charge < -0.3 is 4.57 Å². The van der Waals surface area contributed by atoms with Crippen molar-refractivity contribution in [1.82, 2.24) is 20.0 Å². The van der Waals surface area contributed by atoms with Gasteiger partial charge in [0.05, 0.1) is 24.7 Å². The number of aromatic nitrogens is 3. The van der Waals surface area contributed by atoms with Crippen LogP contribution >= 0.6 is 0 Å². The first-order valence-corrected chi connectivity index (χ1v) is 10.4. The van der Waals surface area contributed by atoms with E-state index in [1.54, 1.807) is 19.2 Å². The molecular formula is C19H16F2N6O3S. The summed E-state index contributed by atoms with van der Waals surface area (Å²) < 4.78 is 57.4. The van der Waals surface area contributed by atoms with Crippen LogP contribution in [-0.2, 0) is 28.5 Å². The predicted molar refractivity (Wildman–Crippen MR) is 107 cm³/mol. The monoisotopic (exact) mass is 446 g/mol. The van der Waals surface area contributed by atoms with Crippen LogP contribution in [0.15, 0.2) is 41.8 Å². The normalized spacial score (nSPS) is 13.0. The number of halogens is 2. The van der Waals surface area contributed by atoms with E-state index in [1.165, 1.54) is 29.4 Å². The maximum atomic E-state index is 14.9. The minimum Gasteiger partial charge on any atom is -0.339 e. The van der Waals surface area contributed by atoms with Gasteiger partial charge in [0.15, 0.2) is 16.7 Å². The molecule has 3 heterocycles. The van der Waals surface area contributed by atoms with Gasteiger partial charge in [0, 0.05) is 25.4 Å². The Bertz CT molecular complexity index is 1330. The fourth-order valence-electron chi connectivity index (χ4n) is 2.84. The Morgan fingerprint density at radius 3 is 2.74 bits per heavy atom. The van der Waals surface area contributed by atoms with Crippen molar-refractivity contribution in [3.63, 3.8) is 0 Å². The molecule has 1 aliphatic heterocycles. The summed E-state index contributed by atoms with van der Waals surface area (Å²) >= 11 is 0. The van der Waals surface area contributed by atoms with E-state index >= 15 is 0 Å². The zero-order valence-corrected chi connectivity index (χ0v) is 17.2. The fraction of sp³-hybridized carbons (Fsp3) is 0.158. The molecule has 0 amide bonds. The molecule has 31 heavy (non-hydrogen) atoms. The van der Waals surface area contributed by atoms with Crippen molar-refractivity contribution >= 4 is 21.5 Å². The van der Waals surface area contributed by atoms with Gasteiger partial charge in [0.25, 0.3) is 10.0 Å². The van der Waals surface area contributed by atoms with Crippen molar-refractivity contribution < 1.29 is 22.0 Å². The third-order valence-electron chi connectivity index (χ3n) is 4.35. The number of benzene rings is 1. The fourth-order valence-corrected chi connectivity index (χ4v) is 3.88. The summed E-state index contributed by atoms with van der Waals surface area (Å²) in [6, 6.07) is 5.28. The van der Waals surface area contributed by atoms with Crippen molar-refractivity contribution in [2.75, 3.05) is 17.0 Å². The van der Waals surface area contributed by atoms with Gasteiger partial charge in [-0.15, -0.1) is 0 Å². The molecule has 9 nitrogen and oxygen atoms in total. The van der Waals surface area contributed by atoms with E-state index in [9.17, 15) is 17.2 Å². The summed E-state index contributed by atoms with van der Waals surface area (Å²) in [6.07, 6.45) is 2.54. The van der Waals surface area contributed by atoms with Crippen LogP contribution in [0.25, 0.3) is 0 Å². The minimum absolute atomic E-state index is 0.253. The average Bonchev–Trinajstić information content (AvgIpc) is 3.36. The number of nitrogens with zero attached hydrogens (tertiary/aromatic N) is 4. The molecule has 1 aliphatic rings. The number of hydrogen-bond donors (Lipinski definition) is 2. The Hall–Kier alpha value is -3.53. The topological polar surface area (TPSA) is 101 Å². The Morgan fingerprint density at radius 2 is 2.03 bits per heavy atom. The first-order valence-electron chi connectivity index (χ1n) is 8.87. The van der Waals surface area contributed by atoms with Gasteiger partial charge in [-0.3, -0.25) is 9.56 Å². The number of pyridine rings is 1. The number of imidazole rings is 1. The number of aryl methyl sites for hydroxylation is 1. The molecule has 0 aliphatic carbocycles. The van der Waals surface area contributed by atoms with E-state index in [0.29, 0.717) is 12.4 Å². The maximum absolute atomic E-state index is 14.9. The van der Waals surface area contributed by atoms with Crippen LogP contribution in [0.2, 0.25) is 0 Å². The van der Waals surface area contributed by atoms with Crippen LogP contribution in [-0.4, -0.2) is 30.1 Å². The highest BCUT2D eigenvalue weighted by Gasteiger charge is 2.22. The molecule has 0 spiro atoms. The van der Waals surface area contributed by atoms with Crippen LogP contribution in [0.5, 0.6) is 0 Å². The van der Waals surface area contributed by atoms with Crippen molar-refractivity contribution in [2.45, 2.75) is 11.6 Å². The molecule has 2 aromatic heterocycles. The highest BCUT2D eigenvalue weighted by molar-refractivity contribution is 7.92. The molecule has 0 saturated carbocycles. The van der Waals surface area contributed by atoms with E-state index in [1.807, 2.05) is 0 Å². The standard InChI is InChI=1S/C19H16F2N6O3S/c1-26-10-17(22-11-26)31(28,29)25-16-8-7-15(20)14(18(16)21)6-5-13-4-3-12-9-23-27(30-2)19(12)24-13/h3-4,7-8,10-11,23,25H,9H2,1-2H3. The third-order valence-corrected chi connectivity index (χ3v) is 5.60. The van der Waals surface area contributed by atoms with Gasteiger partial charge in [-0.1, -0.05) is 12.0 Å². The van der Waals surface area contributed by atoms with Crippen molar-refractivity contribution in [1.29, 1.82) is 0 Å². The lowest BCUT2D eigenvalue weighted by atomic mass is 10.1. The van der Waals surface area contributed by atoms with E-state index in [2.05, 4.69) is 32.0 Å². The molecule has 0 unspecified atom stereocenters. The lowest BCUT2D eigenvalue weighted by molar-refractivity contribution is 0.140. The van der Waals surface area contributed by atoms with Crippen LogP contribution in [0.4, 0.5) is 20.3 Å². The highest BCUT2D eigenvalue weighted by atomic mass is 32.2. The zero-order chi connectivity index (χ0) is 22.2. The molecule has 160 valence electrons. The van der Waals surface area contributed by atoms with E-state index in [4.69, 9.17) is 4.84 Å². The van der Waals surface area contributed by atoms with Crippen LogP contribution in [0, 0.1) is 23.5 Å². The number of hydrazine groups is 1. The molecule has 2 N–H and O–H groups in total. The second-order valence-corrected chi connectivity index (χ2v) is 8.14. The van der Waals surface area contributed by atoms with Gasteiger partial charge in [-0.05, 0) is 24.1 Å². The molecule has 0 radical (unpaired) electrons. The molecule has 0 saturated heterocycles. The average molecular weight is 446 g/mol. The quantitative estimate of drug-likeness (QED) is 0.588. The first-order chi connectivity index (χ1) is 14.8. The third kappa shape index (κ3) is 4.06. The molecule has 3 aromatic rings. The smallest absolute Gasteiger partial charge is 0.281 e. The molecule has 1 aromatic carbocycles. The summed E-state index contributed by atoms with van der Waals surface area (Å²) in [5, 5.41) is 1.05. The second kappa shape index (κ2) is 7.95. The predicted octanol–water partition coefficient (Wildman–Crippen LogP) is 1.68. The number of nitrogens with one attached hydrogen (secondary N) is 2. The van der Waals surface area contributed by atoms with Crippen molar-refractivity contribution in [2.24, 2.45) is 7.05 Å². The molecule has 12 heteroatoms. The van der Waals surface area contributed by atoms with Gasteiger partial charge in [0.1, 0.15) is 11.5 Å². The van der Waals surface area contributed by atoms with Gasteiger partial charge in [0.2, 0.25) is 0 Å². The molecule has 0 atom stereocenters. The number of rotatable bonds is 4. The van der Waals surface area contributed by atoms with E-state index in [0.717, 1.165) is 17.7 Å². The lowest BCUT2D eigenvalue weighted by Gasteiger charge is -2.13. The number of fused-ring (bicyclic) bond motifs is 1. The summed E-state index contributed by atoms with van der Waals surface area (Å²) in [5.74, 6) is 3.40. The van der Waals surface area contributed by atoms with Crippen molar-refractivity contribution in [3.8, 4) is 11.8 Å². The SMILES string of the molecule is CON1NCc2ccc(C#Cc3c(F)ccc(NS(=O)(=O)c4cn(C)cn4)c3F)nc21. The summed E-state index contributed by atoms with van der Waals surface area (Å²) in [4.78, 5) is 13.1. The summed E-state index contributed by atoms with van der Waals surface area (Å²) in [5.41, 5.74) is 3.02. The van der Waals surface area contributed by atoms with Crippen LogP contribution < -0.4 is 15.3 Å². The van der Waals surface area contributed by atoms with Gasteiger partial charge in [-0.2, -0.15) is 13.6 Å².